The molecule has 0 radical (unpaired) electrons. The van der Waals surface area contributed by atoms with Gasteiger partial charge in [-0.25, -0.2) is 0 Å². The topological polar surface area (TPSA) is 51.2 Å². The minimum Gasteiger partial charge on any atom is -0.480 e. The number of rotatable bonds is 2. The molecule has 0 bridgehead atoms. The number of hydrogen-bond acceptors (Lipinski definition) is 3. The maximum atomic E-state index is 13.4. The van der Waals surface area contributed by atoms with E-state index in [1.165, 1.54) is 0 Å². The zero-order valence-corrected chi connectivity index (χ0v) is 10.3. The average Bonchev–Trinajstić information content (AvgIpc) is 2.86. The van der Waals surface area contributed by atoms with E-state index < -0.39 is 23.9 Å². The van der Waals surface area contributed by atoms with Gasteiger partial charge in [0.2, 0.25) is 11.9 Å². The number of pyridine rings is 1. The number of nitrogens with zero attached hydrogens (tertiary/aromatic N) is 1. The van der Waals surface area contributed by atoms with Crippen molar-refractivity contribution >= 4 is 11.6 Å². The number of anilines is 1. The number of nitrogens with one attached hydrogen (secondary N) is 1. The SMILES string of the molecule is O=C(Nc1ccc(F)nc1F)C1Cc2ccccc2O1. The van der Waals surface area contributed by atoms with Gasteiger partial charge in [0.25, 0.3) is 5.91 Å². The lowest BCUT2D eigenvalue weighted by atomic mass is 10.1. The number of carbonyl (C=O) groups is 1. The van der Waals surface area contributed by atoms with Gasteiger partial charge < -0.3 is 10.1 Å². The fraction of sp³-hybridized carbons (Fsp3) is 0.143. The van der Waals surface area contributed by atoms with E-state index in [0.29, 0.717) is 12.2 Å². The zero-order valence-electron chi connectivity index (χ0n) is 10.3. The third-order valence-electron chi connectivity index (χ3n) is 3.01. The van der Waals surface area contributed by atoms with Crippen LogP contribution in [0.5, 0.6) is 5.75 Å². The largest absolute Gasteiger partial charge is 0.480 e. The van der Waals surface area contributed by atoms with E-state index in [4.69, 9.17) is 4.74 Å². The van der Waals surface area contributed by atoms with Crippen molar-refractivity contribution in [3.8, 4) is 5.75 Å². The number of amides is 1. The summed E-state index contributed by atoms with van der Waals surface area (Å²) in [5.41, 5.74) is 0.751. The van der Waals surface area contributed by atoms with Crippen LogP contribution in [0.15, 0.2) is 36.4 Å². The van der Waals surface area contributed by atoms with Gasteiger partial charge in [-0.15, -0.1) is 0 Å². The van der Waals surface area contributed by atoms with E-state index in [9.17, 15) is 13.6 Å². The second kappa shape index (κ2) is 4.88. The Balaban J connectivity index is 1.72. The summed E-state index contributed by atoms with van der Waals surface area (Å²) in [7, 11) is 0. The number of benzene rings is 1. The Morgan fingerprint density at radius 3 is 2.80 bits per heavy atom. The van der Waals surface area contributed by atoms with Crippen molar-refractivity contribution in [1.29, 1.82) is 0 Å². The normalized spacial score (nSPS) is 16.4. The summed E-state index contributed by atoms with van der Waals surface area (Å²) >= 11 is 0. The highest BCUT2D eigenvalue weighted by atomic mass is 19.1. The van der Waals surface area contributed by atoms with Crippen molar-refractivity contribution in [3.63, 3.8) is 0 Å². The molecule has 1 N–H and O–H groups in total. The van der Waals surface area contributed by atoms with E-state index in [0.717, 1.165) is 17.7 Å². The molecule has 0 spiro atoms. The summed E-state index contributed by atoms with van der Waals surface area (Å²) in [6, 6.07) is 9.39. The predicted molar refractivity (Wildman–Crippen MR) is 67.3 cm³/mol. The lowest BCUT2D eigenvalue weighted by molar-refractivity contribution is -0.122. The van der Waals surface area contributed by atoms with E-state index >= 15 is 0 Å². The molecular weight excluding hydrogens is 266 g/mol. The van der Waals surface area contributed by atoms with E-state index in [-0.39, 0.29) is 5.69 Å². The van der Waals surface area contributed by atoms with Crippen molar-refractivity contribution < 1.29 is 18.3 Å². The molecule has 102 valence electrons. The first-order chi connectivity index (χ1) is 9.63. The standard InChI is InChI=1S/C14H10F2N2O2/c15-12-6-5-9(13(16)18-12)17-14(19)11-7-8-3-1-2-4-10(8)20-11/h1-6,11H,7H2,(H,17,19). The molecule has 2 aromatic rings. The number of ether oxygens (including phenoxy) is 1. The summed E-state index contributed by atoms with van der Waals surface area (Å²) < 4.78 is 31.5. The molecule has 1 amide bonds. The van der Waals surface area contributed by atoms with Crippen molar-refractivity contribution in [1.82, 2.24) is 4.98 Å². The minimum atomic E-state index is -1.06. The number of para-hydroxylation sites is 1. The predicted octanol–water partition coefficient (Wildman–Crippen LogP) is 2.30. The van der Waals surface area contributed by atoms with Gasteiger partial charge in [-0.3, -0.25) is 4.79 Å². The average molecular weight is 276 g/mol. The van der Waals surface area contributed by atoms with Gasteiger partial charge in [0, 0.05) is 6.42 Å². The Morgan fingerprint density at radius 2 is 2.05 bits per heavy atom. The molecule has 0 fully saturated rings. The van der Waals surface area contributed by atoms with Crippen LogP contribution in [0, 0.1) is 11.9 Å². The Hall–Kier alpha value is -2.50. The van der Waals surface area contributed by atoms with Gasteiger partial charge in [0.1, 0.15) is 5.75 Å². The first-order valence-electron chi connectivity index (χ1n) is 6.01. The first kappa shape index (κ1) is 12.5. The second-order valence-corrected chi connectivity index (χ2v) is 4.38. The van der Waals surface area contributed by atoms with E-state index in [1.807, 2.05) is 18.2 Å². The van der Waals surface area contributed by atoms with E-state index in [2.05, 4.69) is 10.3 Å². The smallest absolute Gasteiger partial charge is 0.265 e. The quantitative estimate of drug-likeness (QED) is 0.856. The maximum Gasteiger partial charge on any atom is 0.265 e. The molecule has 1 aliphatic heterocycles. The molecule has 1 aromatic heterocycles. The van der Waals surface area contributed by atoms with E-state index in [1.54, 1.807) is 6.07 Å². The molecule has 2 heterocycles. The van der Waals surface area contributed by atoms with Crippen LogP contribution in [0.25, 0.3) is 0 Å². The molecule has 0 saturated carbocycles. The van der Waals surface area contributed by atoms with Crippen LogP contribution < -0.4 is 10.1 Å². The fourth-order valence-corrected chi connectivity index (χ4v) is 2.05. The van der Waals surface area contributed by atoms with Crippen molar-refractivity contribution in [2.45, 2.75) is 12.5 Å². The third-order valence-corrected chi connectivity index (χ3v) is 3.01. The van der Waals surface area contributed by atoms with Crippen molar-refractivity contribution in [2.24, 2.45) is 0 Å². The Labute approximate surface area is 113 Å². The molecule has 3 rings (SSSR count). The Bertz CT molecular complexity index is 651. The highest BCUT2D eigenvalue weighted by Crippen LogP contribution is 2.28. The zero-order chi connectivity index (χ0) is 14.1. The molecular formula is C14H10F2N2O2. The van der Waals surface area contributed by atoms with Crippen LogP contribution in [0.4, 0.5) is 14.5 Å². The van der Waals surface area contributed by atoms with Crippen molar-refractivity contribution in [2.75, 3.05) is 5.32 Å². The number of halogens is 2. The molecule has 6 heteroatoms. The minimum absolute atomic E-state index is 0.170. The molecule has 1 aliphatic rings. The van der Waals surface area contributed by atoms with Crippen molar-refractivity contribution in [3.05, 3.63) is 53.9 Å². The summed E-state index contributed by atoms with van der Waals surface area (Å²) in [5.74, 6) is -1.85. The lowest BCUT2D eigenvalue weighted by Crippen LogP contribution is -2.31. The molecule has 1 aromatic carbocycles. The summed E-state index contributed by atoms with van der Waals surface area (Å²) in [6.07, 6.45) is -0.310. The molecule has 0 saturated heterocycles. The van der Waals surface area contributed by atoms with Gasteiger partial charge >= 0.3 is 0 Å². The van der Waals surface area contributed by atoms with Crippen LogP contribution in [0.1, 0.15) is 5.56 Å². The van der Waals surface area contributed by atoms with Crippen LogP contribution in [-0.4, -0.2) is 17.0 Å². The first-order valence-corrected chi connectivity index (χ1v) is 6.01. The molecule has 4 nitrogen and oxygen atoms in total. The van der Waals surface area contributed by atoms with Gasteiger partial charge in [0.05, 0.1) is 5.69 Å². The molecule has 0 aliphatic carbocycles. The Morgan fingerprint density at radius 1 is 1.25 bits per heavy atom. The van der Waals surface area contributed by atoms with Crippen LogP contribution >= 0.6 is 0 Å². The Kier molecular flexibility index (Phi) is 3.06. The van der Waals surface area contributed by atoms with Gasteiger partial charge in [0.15, 0.2) is 6.10 Å². The van der Waals surface area contributed by atoms with Crippen LogP contribution in [0.3, 0.4) is 0 Å². The molecule has 20 heavy (non-hydrogen) atoms. The highest BCUT2D eigenvalue weighted by Gasteiger charge is 2.29. The summed E-state index contributed by atoms with van der Waals surface area (Å²) in [6.45, 7) is 0. The monoisotopic (exact) mass is 276 g/mol. The second-order valence-electron chi connectivity index (χ2n) is 4.38. The van der Waals surface area contributed by atoms with Gasteiger partial charge in [-0.05, 0) is 23.8 Å². The number of hydrogen-bond donors (Lipinski definition) is 1. The number of fused-ring (bicyclic) bond motifs is 1. The van der Waals surface area contributed by atoms with Gasteiger partial charge in [-0.1, -0.05) is 18.2 Å². The highest BCUT2D eigenvalue weighted by molar-refractivity contribution is 5.95. The number of aromatic nitrogens is 1. The maximum absolute atomic E-state index is 13.4. The lowest BCUT2D eigenvalue weighted by Gasteiger charge is -2.11. The third kappa shape index (κ3) is 2.32. The van der Waals surface area contributed by atoms with Crippen LogP contribution in [0.2, 0.25) is 0 Å². The summed E-state index contributed by atoms with van der Waals surface area (Å²) in [4.78, 5) is 15.0. The summed E-state index contributed by atoms with van der Waals surface area (Å²) in [5, 5.41) is 2.35. The molecule has 1 unspecified atom stereocenters. The fourth-order valence-electron chi connectivity index (χ4n) is 2.05. The van der Waals surface area contributed by atoms with Crippen LogP contribution in [-0.2, 0) is 11.2 Å². The van der Waals surface area contributed by atoms with Gasteiger partial charge in [-0.2, -0.15) is 13.8 Å². The molecule has 1 atom stereocenters. The number of carbonyl (C=O) groups excluding carboxylic acids is 1.